The molecule has 4 rings (SSSR count). The number of aryl methyl sites for hydroxylation is 2. The Morgan fingerprint density at radius 3 is 2.11 bits per heavy atom. The van der Waals surface area contributed by atoms with Gasteiger partial charge in [0.2, 0.25) is 12.6 Å². The van der Waals surface area contributed by atoms with Crippen LogP contribution in [0.5, 0.6) is 11.5 Å². The maximum atomic E-state index is 6.51. The van der Waals surface area contributed by atoms with Crippen molar-refractivity contribution < 1.29 is 14.2 Å². The molecule has 2 heterocycles. The fourth-order valence-electron chi connectivity index (χ4n) is 5.59. The topological polar surface area (TPSA) is 27.7 Å². The fraction of sp³-hybridized carbons (Fsp3) is 0.562. The van der Waals surface area contributed by atoms with Crippen molar-refractivity contribution in [3.63, 3.8) is 0 Å². The van der Waals surface area contributed by atoms with E-state index in [-0.39, 0.29) is 5.41 Å². The molecule has 0 fully saturated rings. The molecule has 0 aliphatic carbocycles. The van der Waals surface area contributed by atoms with Gasteiger partial charge in [-0.05, 0) is 90.0 Å². The average molecular weight is 477 g/mol. The Labute approximate surface area is 212 Å². The standard InChI is InChI=1S/C32H44O3/c1-10-12-14-32(8,9)23(7)25-16-21(5)29-27(18-25)31-33-28-20(4)15-24(22(6)19(3)13-11-2)17-26(28)30(34-29)35-31/h15-19,23,30-31H,6,10-14H2,1-5,7-9H3. The van der Waals surface area contributed by atoms with Crippen LogP contribution in [0.1, 0.15) is 126 Å². The summed E-state index contributed by atoms with van der Waals surface area (Å²) in [6.07, 6.45) is 5.06. The van der Waals surface area contributed by atoms with E-state index < -0.39 is 12.6 Å². The molecule has 3 nitrogen and oxygen atoms in total. The van der Waals surface area contributed by atoms with E-state index in [0.29, 0.717) is 11.8 Å². The van der Waals surface area contributed by atoms with Crippen LogP contribution in [0.3, 0.4) is 0 Å². The van der Waals surface area contributed by atoms with E-state index in [9.17, 15) is 0 Å². The second-order valence-corrected chi connectivity index (χ2v) is 11.5. The van der Waals surface area contributed by atoms with Crippen molar-refractivity contribution >= 4 is 5.57 Å². The number of hydrogen-bond acceptors (Lipinski definition) is 3. The first-order valence-corrected chi connectivity index (χ1v) is 13.5. The Hall–Kier alpha value is -2.26. The van der Waals surface area contributed by atoms with Crippen LogP contribution in [0.4, 0.5) is 0 Å². The molecule has 35 heavy (non-hydrogen) atoms. The van der Waals surface area contributed by atoms with E-state index in [4.69, 9.17) is 14.2 Å². The van der Waals surface area contributed by atoms with Gasteiger partial charge in [0.25, 0.3) is 0 Å². The zero-order chi connectivity index (χ0) is 25.5. The van der Waals surface area contributed by atoms with Crippen LogP contribution in [-0.2, 0) is 4.74 Å². The number of allylic oxidation sites excluding steroid dienone is 1. The quantitative estimate of drug-likeness (QED) is 0.360. The Kier molecular flexibility index (Phi) is 7.38. The van der Waals surface area contributed by atoms with Gasteiger partial charge >= 0.3 is 0 Å². The average Bonchev–Trinajstić information content (AvgIpc) is 2.83. The van der Waals surface area contributed by atoms with Crippen molar-refractivity contribution in [2.24, 2.45) is 11.3 Å². The lowest BCUT2D eigenvalue weighted by molar-refractivity contribution is -0.228. The van der Waals surface area contributed by atoms with E-state index in [2.05, 4.69) is 86.2 Å². The van der Waals surface area contributed by atoms with E-state index in [1.54, 1.807) is 0 Å². The van der Waals surface area contributed by atoms with E-state index >= 15 is 0 Å². The molecule has 2 bridgehead atoms. The molecule has 2 aliphatic heterocycles. The van der Waals surface area contributed by atoms with Gasteiger partial charge in [-0.3, -0.25) is 4.74 Å². The molecular formula is C32H44O3. The van der Waals surface area contributed by atoms with Crippen molar-refractivity contribution in [3.8, 4) is 11.5 Å². The van der Waals surface area contributed by atoms with E-state index in [0.717, 1.165) is 57.7 Å². The molecular weight excluding hydrogens is 432 g/mol. The van der Waals surface area contributed by atoms with Crippen LogP contribution in [0.2, 0.25) is 0 Å². The zero-order valence-corrected chi connectivity index (χ0v) is 23.1. The normalized spacial score (nSPS) is 20.2. The molecule has 2 aliphatic rings. The molecule has 190 valence electrons. The highest BCUT2D eigenvalue weighted by Gasteiger charge is 2.40. The Balaban J connectivity index is 1.67. The number of unbranched alkanes of at least 4 members (excludes halogenated alkanes) is 1. The maximum Gasteiger partial charge on any atom is 0.233 e. The summed E-state index contributed by atoms with van der Waals surface area (Å²) in [7, 11) is 0. The maximum absolute atomic E-state index is 6.51. The Bertz CT molecular complexity index is 1100. The van der Waals surface area contributed by atoms with Gasteiger partial charge in [0.15, 0.2) is 0 Å². The van der Waals surface area contributed by atoms with Gasteiger partial charge < -0.3 is 9.47 Å². The molecule has 0 aromatic heterocycles. The molecule has 0 N–H and O–H groups in total. The summed E-state index contributed by atoms with van der Waals surface area (Å²) in [6, 6.07) is 8.92. The van der Waals surface area contributed by atoms with Crippen molar-refractivity contribution in [2.45, 2.75) is 106 Å². The summed E-state index contributed by atoms with van der Waals surface area (Å²) in [5.74, 6) is 2.65. The largest absolute Gasteiger partial charge is 0.459 e. The fourth-order valence-corrected chi connectivity index (χ4v) is 5.59. The van der Waals surface area contributed by atoms with Crippen LogP contribution in [0.25, 0.3) is 5.57 Å². The van der Waals surface area contributed by atoms with Gasteiger partial charge in [0.05, 0.1) is 11.1 Å². The lowest BCUT2D eigenvalue weighted by Crippen LogP contribution is -2.31. The van der Waals surface area contributed by atoms with Gasteiger partial charge in [0.1, 0.15) is 11.5 Å². The third kappa shape index (κ3) is 4.89. The highest BCUT2D eigenvalue weighted by Crippen LogP contribution is 2.52. The first kappa shape index (κ1) is 25.8. The molecule has 4 unspecified atom stereocenters. The summed E-state index contributed by atoms with van der Waals surface area (Å²) < 4.78 is 19.4. The van der Waals surface area contributed by atoms with Gasteiger partial charge in [-0.25, -0.2) is 0 Å². The van der Waals surface area contributed by atoms with Crippen LogP contribution in [0, 0.1) is 25.2 Å². The second kappa shape index (κ2) is 10.0. The third-order valence-electron chi connectivity index (χ3n) is 8.37. The summed E-state index contributed by atoms with van der Waals surface area (Å²) in [5, 5.41) is 0. The summed E-state index contributed by atoms with van der Waals surface area (Å²) in [6.45, 7) is 22.5. The molecule has 2 aromatic rings. The molecule has 0 amide bonds. The lowest BCUT2D eigenvalue weighted by Gasteiger charge is -2.40. The third-order valence-corrected chi connectivity index (χ3v) is 8.37. The number of rotatable bonds is 9. The second-order valence-electron chi connectivity index (χ2n) is 11.5. The predicted molar refractivity (Wildman–Crippen MR) is 145 cm³/mol. The van der Waals surface area contributed by atoms with Crippen LogP contribution < -0.4 is 9.47 Å². The SMILES string of the molecule is C=C(c1cc(C)c2c(c1)C1Oc3c(C)cc(C(C)C(C)(C)CCCC)cc3C(O2)O1)C(C)CCC. The highest BCUT2D eigenvalue weighted by molar-refractivity contribution is 5.68. The van der Waals surface area contributed by atoms with Crippen LogP contribution in [-0.4, -0.2) is 0 Å². The molecule has 2 aromatic carbocycles. The van der Waals surface area contributed by atoms with Gasteiger partial charge in [-0.1, -0.05) is 73.5 Å². The lowest BCUT2D eigenvalue weighted by atomic mass is 9.72. The zero-order valence-electron chi connectivity index (χ0n) is 23.1. The van der Waals surface area contributed by atoms with Gasteiger partial charge in [-0.2, -0.15) is 0 Å². The summed E-state index contributed by atoms with van der Waals surface area (Å²) in [4.78, 5) is 0. The Morgan fingerprint density at radius 2 is 1.51 bits per heavy atom. The van der Waals surface area contributed by atoms with Crippen molar-refractivity contribution in [2.75, 3.05) is 0 Å². The van der Waals surface area contributed by atoms with Gasteiger partial charge in [-0.15, -0.1) is 0 Å². The van der Waals surface area contributed by atoms with Crippen molar-refractivity contribution in [1.29, 1.82) is 0 Å². The van der Waals surface area contributed by atoms with Crippen molar-refractivity contribution in [3.05, 3.63) is 64.2 Å². The van der Waals surface area contributed by atoms with E-state index in [1.165, 1.54) is 24.8 Å². The summed E-state index contributed by atoms with van der Waals surface area (Å²) >= 11 is 0. The minimum atomic E-state index is -0.466. The molecule has 4 atom stereocenters. The molecule has 0 spiro atoms. The molecule has 0 saturated heterocycles. The van der Waals surface area contributed by atoms with Gasteiger partial charge in [0, 0.05) is 0 Å². The summed E-state index contributed by atoms with van der Waals surface area (Å²) in [5.41, 5.74) is 8.09. The molecule has 3 heteroatoms. The number of ether oxygens (including phenoxy) is 3. The van der Waals surface area contributed by atoms with Crippen LogP contribution in [0.15, 0.2) is 30.8 Å². The first-order chi connectivity index (χ1) is 16.6. The monoisotopic (exact) mass is 476 g/mol. The Morgan fingerprint density at radius 1 is 0.914 bits per heavy atom. The predicted octanol–water partition coefficient (Wildman–Crippen LogP) is 9.57. The number of hydrogen-bond donors (Lipinski definition) is 0. The van der Waals surface area contributed by atoms with Crippen molar-refractivity contribution in [1.82, 2.24) is 0 Å². The molecule has 0 saturated carbocycles. The highest BCUT2D eigenvalue weighted by atomic mass is 16.8. The number of benzene rings is 2. The first-order valence-electron chi connectivity index (χ1n) is 13.5. The minimum Gasteiger partial charge on any atom is -0.459 e. The minimum absolute atomic E-state index is 0.222. The molecule has 0 radical (unpaired) electrons. The smallest absolute Gasteiger partial charge is 0.233 e. The number of fused-ring (bicyclic) bond motifs is 6. The van der Waals surface area contributed by atoms with Crippen LogP contribution >= 0.6 is 0 Å². The van der Waals surface area contributed by atoms with E-state index in [1.807, 2.05) is 0 Å².